The third kappa shape index (κ3) is 3.24. The van der Waals surface area contributed by atoms with E-state index in [1.54, 1.807) is 6.33 Å². The van der Waals surface area contributed by atoms with Crippen LogP contribution in [0.2, 0.25) is 0 Å². The summed E-state index contributed by atoms with van der Waals surface area (Å²) in [6, 6.07) is 9.90. The summed E-state index contributed by atoms with van der Waals surface area (Å²) in [5, 5.41) is 8.29. The summed E-state index contributed by atoms with van der Waals surface area (Å²) in [5.74, 6) is 1.08. The summed E-state index contributed by atoms with van der Waals surface area (Å²) in [5.41, 5.74) is 2.83. The SMILES string of the molecule is CCc1cc(N2CCN(C(=O)Cc3[nH]nc4ccccc34)CC2)ncn1. The Morgan fingerprint density at radius 1 is 1.15 bits per heavy atom. The second kappa shape index (κ2) is 7.11. The van der Waals surface area contributed by atoms with Gasteiger partial charge in [-0.3, -0.25) is 9.89 Å². The number of hydrogen-bond donors (Lipinski definition) is 1. The largest absolute Gasteiger partial charge is 0.353 e. The fraction of sp³-hybridized carbons (Fsp3) is 0.368. The predicted octanol–water partition coefficient (Wildman–Crippen LogP) is 1.81. The maximum absolute atomic E-state index is 12.7. The number of piperazine rings is 1. The number of H-pyrrole nitrogens is 1. The summed E-state index contributed by atoms with van der Waals surface area (Å²) in [7, 11) is 0. The Kier molecular flexibility index (Phi) is 4.51. The molecule has 1 aromatic carbocycles. The van der Waals surface area contributed by atoms with Gasteiger partial charge < -0.3 is 9.80 Å². The molecule has 1 fully saturated rings. The lowest BCUT2D eigenvalue weighted by Crippen LogP contribution is -2.49. The van der Waals surface area contributed by atoms with Crippen LogP contribution >= 0.6 is 0 Å². The number of amides is 1. The number of aromatic amines is 1. The smallest absolute Gasteiger partial charge is 0.228 e. The van der Waals surface area contributed by atoms with Crippen molar-refractivity contribution in [2.24, 2.45) is 0 Å². The molecule has 0 unspecified atom stereocenters. The first-order valence-corrected chi connectivity index (χ1v) is 9.00. The molecule has 0 bridgehead atoms. The lowest BCUT2D eigenvalue weighted by Gasteiger charge is -2.35. The highest BCUT2D eigenvalue weighted by Gasteiger charge is 2.23. The Morgan fingerprint density at radius 2 is 1.96 bits per heavy atom. The van der Waals surface area contributed by atoms with Crippen molar-refractivity contribution in [1.82, 2.24) is 25.1 Å². The number of carbonyl (C=O) groups is 1. The van der Waals surface area contributed by atoms with E-state index in [0.29, 0.717) is 19.5 Å². The predicted molar refractivity (Wildman–Crippen MR) is 100 cm³/mol. The highest BCUT2D eigenvalue weighted by atomic mass is 16.2. The minimum Gasteiger partial charge on any atom is -0.353 e. The van der Waals surface area contributed by atoms with Crippen molar-refractivity contribution < 1.29 is 4.79 Å². The fourth-order valence-electron chi connectivity index (χ4n) is 3.35. The molecule has 3 aromatic rings. The van der Waals surface area contributed by atoms with Gasteiger partial charge in [0, 0.05) is 43.3 Å². The number of benzene rings is 1. The highest BCUT2D eigenvalue weighted by molar-refractivity contribution is 5.87. The molecule has 0 atom stereocenters. The van der Waals surface area contributed by atoms with Gasteiger partial charge in [0.15, 0.2) is 0 Å². The lowest BCUT2D eigenvalue weighted by molar-refractivity contribution is -0.130. The van der Waals surface area contributed by atoms with Crippen LogP contribution in [0.15, 0.2) is 36.7 Å². The van der Waals surface area contributed by atoms with Gasteiger partial charge in [0.05, 0.1) is 17.6 Å². The third-order valence-electron chi connectivity index (χ3n) is 4.90. The Hall–Kier alpha value is -2.96. The average molecular weight is 350 g/mol. The molecule has 3 heterocycles. The number of para-hydroxylation sites is 1. The number of carbonyl (C=O) groups excluding carboxylic acids is 1. The lowest BCUT2D eigenvalue weighted by atomic mass is 10.1. The highest BCUT2D eigenvalue weighted by Crippen LogP contribution is 2.18. The van der Waals surface area contributed by atoms with Crippen molar-refractivity contribution in [2.75, 3.05) is 31.1 Å². The van der Waals surface area contributed by atoms with Crippen LogP contribution in [-0.4, -0.2) is 57.2 Å². The Labute approximate surface area is 152 Å². The topological polar surface area (TPSA) is 78.0 Å². The molecule has 7 nitrogen and oxygen atoms in total. The van der Waals surface area contributed by atoms with Crippen molar-refractivity contribution in [2.45, 2.75) is 19.8 Å². The molecule has 0 aliphatic carbocycles. The standard InChI is InChI=1S/C19H22N6O/c1-2-14-11-18(21-13-20-14)24-7-9-25(10-8-24)19(26)12-17-15-5-3-4-6-16(15)22-23-17/h3-6,11,13H,2,7-10,12H2,1H3,(H,22,23). The summed E-state index contributed by atoms with van der Waals surface area (Å²) in [6.45, 7) is 5.07. The first-order chi connectivity index (χ1) is 12.7. The summed E-state index contributed by atoms with van der Waals surface area (Å²) >= 11 is 0. The van der Waals surface area contributed by atoms with Crippen LogP contribution < -0.4 is 4.90 Å². The van der Waals surface area contributed by atoms with Crippen LogP contribution in [0.3, 0.4) is 0 Å². The van der Waals surface area contributed by atoms with E-state index in [2.05, 4.69) is 32.0 Å². The molecule has 2 aromatic heterocycles. The van der Waals surface area contributed by atoms with E-state index in [4.69, 9.17) is 0 Å². The van der Waals surface area contributed by atoms with E-state index in [1.165, 1.54) is 0 Å². The fourth-order valence-corrected chi connectivity index (χ4v) is 3.35. The Morgan fingerprint density at radius 3 is 2.77 bits per heavy atom. The van der Waals surface area contributed by atoms with Gasteiger partial charge in [-0.1, -0.05) is 25.1 Å². The number of fused-ring (bicyclic) bond motifs is 1. The van der Waals surface area contributed by atoms with Gasteiger partial charge in [-0.2, -0.15) is 5.10 Å². The molecule has 1 saturated heterocycles. The van der Waals surface area contributed by atoms with Crippen molar-refractivity contribution in [3.8, 4) is 0 Å². The van der Waals surface area contributed by atoms with Gasteiger partial charge in [0.2, 0.25) is 5.91 Å². The van der Waals surface area contributed by atoms with E-state index >= 15 is 0 Å². The Balaban J connectivity index is 1.39. The van der Waals surface area contributed by atoms with E-state index in [0.717, 1.165) is 47.6 Å². The second-order valence-electron chi connectivity index (χ2n) is 6.49. The molecule has 1 amide bonds. The van der Waals surface area contributed by atoms with Crippen LogP contribution in [0.1, 0.15) is 18.3 Å². The summed E-state index contributed by atoms with van der Waals surface area (Å²) in [6.07, 6.45) is 2.87. The van der Waals surface area contributed by atoms with Gasteiger partial charge in [0.1, 0.15) is 12.1 Å². The van der Waals surface area contributed by atoms with Crippen LogP contribution in [-0.2, 0) is 17.6 Å². The molecule has 1 N–H and O–H groups in total. The monoisotopic (exact) mass is 350 g/mol. The molecule has 1 aliphatic heterocycles. The number of nitrogens with zero attached hydrogens (tertiary/aromatic N) is 5. The van der Waals surface area contributed by atoms with Crippen LogP contribution in [0.4, 0.5) is 5.82 Å². The van der Waals surface area contributed by atoms with Crippen LogP contribution in [0.5, 0.6) is 0 Å². The second-order valence-corrected chi connectivity index (χ2v) is 6.49. The number of aromatic nitrogens is 4. The third-order valence-corrected chi connectivity index (χ3v) is 4.90. The molecule has 26 heavy (non-hydrogen) atoms. The van der Waals surface area contributed by atoms with Crippen LogP contribution in [0.25, 0.3) is 10.9 Å². The molecular weight excluding hydrogens is 328 g/mol. The zero-order valence-corrected chi connectivity index (χ0v) is 14.9. The average Bonchev–Trinajstić information content (AvgIpc) is 3.11. The maximum atomic E-state index is 12.7. The summed E-state index contributed by atoms with van der Waals surface area (Å²) in [4.78, 5) is 25.5. The van der Waals surface area contributed by atoms with E-state index < -0.39 is 0 Å². The number of hydrogen-bond acceptors (Lipinski definition) is 5. The zero-order valence-electron chi connectivity index (χ0n) is 14.9. The molecule has 0 radical (unpaired) electrons. The van der Waals surface area contributed by atoms with Gasteiger partial charge in [-0.15, -0.1) is 0 Å². The molecule has 4 rings (SSSR count). The summed E-state index contributed by atoms with van der Waals surface area (Å²) < 4.78 is 0. The minimum atomic E-state index is 0.135. The zero-order chi connectivity index (χ0) is 17.9. The number of anilines is 1. The van der Waals surface area contributed by atoms with Gasteiger partial charge in [-0.25, -0.2) is 9.97 Å². The first kappa shape index (κ1) is 16.5. The van der Waals surface area contributed by atoms with E-state index in [9.17, 15) is 4.79 Å². The number of nitrogens with one attached hydrogen (secondary N) is 1. The van der Waals surface area contributed by atoms with Crippen molar-refractivity contribution in [1.29, 1.82) is 0 Å². The normalized spacial score (nSPS) is 14.8. The molecule has 0 spiro atoms. The van der Waals surface area contributed by atoms with Gasteiger partial charge in [0.25, 0.3) is 0 Å². The Bertz CT molecular complexity index is 913. The molecule has 134 valence electrons. The molecule has 1 aliphatic rings. The van der Waals surface area contributed by atoms with Crippen LogP contribution in [0, 0.1) is 0 Å². The quantitative estimate of drug-likeness (QED) is 0.776. The first-order valence-electron chi connectivity index (χ1n) is 9.00. The van der Waals surface area contributed by atoms with Crippen molar-refractivity contribution in [3.05, 3.63) is 48.0 Å². The van der Waals surface area contributed by atoms with E-state index in [-0.39, 0.29) is 5.91 Å². The van der Waals surface area contributed by atoms with Crippen molar-refractivity contribution in [3.63, 3.8) is 0 Å². The number of aryl methyl sites for hydroxylation is 1. The van der Waals surface area contributed by atoms with Gasteiger partial charge >= 0.3 is 0 Å². The molecule has 0 saturated carbocycles. The number of rotatable bonds is 4. The van der Waals surface area contributed by atoms with Crippen molar-refractivity contribution >= 4 is 22.6 Å². The van der Waals surface area contributed by atoms with Gasteiger partial charge in [-0.05, 0) is 12.5 Å². The molecule has 7 heteroatoms. The molecular formula is C19H22N6O. The van der Waals surface area contributed by atoms with E-state index in [1.807, 2.05) is 35.2 Å². The maximum Gasteiger partial charge on any atom is 0.228 e. The minimum absolute atomic E-state index is 0.135.